The second kappa shape index (κ2) is 9.56. The Labute approximate surface area is 185 Å². The van der Waals surface area contributed by atoms with E-state index in [0.29, 0.717) is 18.4 Å². The number of methoxy groups -OCH3 is 1. The number of hydrogen-bond donors (Lipinski definition) is 0. The fraction of sp³-hybridized carbons (Fsp3) is 0.652. The lowest BCUT2D eigenvalue weighted by atomic mass is 9.74. The number of nitrogens with zero attached hydrogens (tertiary/aromatic N) is 2. The van der Waals surface area contributed by atoms with Crippen molar-refractivity contribution in [2.45, 2.75) is 50.5 Å². The predicted octanol–water partition coefficient (Wildman–Crippen LogP) is 3.62. The normalized spacial score (nSPS) is 25.9. The van der Waals surface area contributed by atoms with Crippen LogP contribution >= 0.6 is 12.4 Å². The summed E-state index contributed by atoms with van der Waals surface area (Å²) in [5.74, 6) is 0.718. The standard InChI is InChI=1S/C23H32N2O4.ClH/c1-24(14-15-25-12-4-3-5-13-25)21(26)17-8-10-23(11-9-17)20-16-18(28-2)6-7-19(20)22(27)29-23;/h6-7,16-17H,3-5,8-15H2,1-2H3;1H. The van der Waals surface area contributed by atoms with Gasteiger partial charge in [0.15, 0.2) is 0 Å². The summed E-state index contributed by atoms with van der Waals surface area (Å²) < 4.78 is 11.2. The van der Waals surface area contributed by atoms with Gasteiger partial charge in [0.05, 0.1) is 12.7 Å². The Balaban J connectivity index is 0.00000256. The summed E-state index contributed by atoms with van der Waals surface area (Å²) in [4.78, 5) is 29.7. The monoisotopic (exact) mass is 436 g/mol. The van der Waals surface area contributed by atoms with Gasteiger partial charge in [-0.05, 0) is 69.8 Å². The maximum absolute atomic E-state index is 13.0. The fourth-order valence-corrected chi connectivity index (χ4v) is 5.09. The van der Waals surface area contributed by atoms with E-state index in [4.69, 9.17) is 9.47 Å². The molecule has 1 saturated carbocycles. The lowest BCUT2D eigenvalue weighted by Gasteiger charge is -2.37. The molecule has 4 rings (SSSR count). The summed E-state index contributed by atoms with van der Waals surface area (Å²) in [7, 11) is 3.55. The first-order valence-electron chi connectivity index (χ1n) is 10.9. The minimum absolute atomic E-state index is 0. The van der Waals surface area contributed by atoms with Crippen molar-refractivity contribution in [3.63, 3.8) is 0 Å². The number of likely N-dealkylation sites (tertiary alicyclic amines) is 1. The number of carbonyl (C=O) groups is 2. The number of carbonyl (C=O) groups excluding carboxylic acids is 2. The quantitative estimate of drug-likeness (QED) is 0.660. The van der Waals surface area contributed by atoms with Crippen LogP contribution in [0, 0.1) is 5.92 Å². The van der Waals surface area contributed by atoms with E-state index in [1.807, 2.05) is 18.0 Å². The van der Waals surface area contributed by atoms with Gasteiger partial charge in [-0.15, -0.1) is 12.4 Å². The van der Waals surface area contributed by atoms with Crippen molar-refractivity contribution in [1.82, 2.24) is 9.80 Å². The second-order valence-corrected chi connectivity index (χ2v) is 8.73. The molecule has 6 nitrogen and oxygen atoms in total. The molecule has 0 bridgehead atoms. The zero-order valence-corrected chi connectivity index (χ0v) is 18.8. The third-order valence-corrected chi connectivity index (χ3v) is 6.94. The molecule has 1 aromatic rings. The minimum atomic E-state index is -0.593. The predicted molar refractivity (Wildman–Crippen MR) is 117 cm³/mol. The minimum Gasteiger partial charge on any atom is -0.497 e. The van der Waals surface area contributed by atoms with Gasteiger partial charge in [-0.1, -0.05) is 6.42 Å². The molecule has 2 aliphatic heterocycles. The molecule has 30 heavy (non-hydrogen) atoms. The number of benzene rings is 1. The molecule has 0 radical (unpaired) electrons. The zero-order valence-electron chi connectivity index (χ0n) is 18.0. The molecule has 1 spiro atoms. The van der Waals surface area contributed by atoms with Crippen molar-refractivity contribution in [2.75, 3.05) is 40.3 Å². The lowest BCUT2D eigenvalue weighted by molar-refractivity contribution is -0.137. The maximum atomic E-state index is 13.0. The molecule has 3 aliphatic rings. The van der Waals surface area contributed by atoms with Gasteiger partial charge in [0.2, 0.25) is 5.91 Å². The number of esters is 1. The Kier molecular flexibility index (Phi) is 7.30. The number of rotatable bonds is 5. The molecule has 2 fully saturated rings. The maximum Gasteiger partial charge on any atom is 0.339 e. The first-order valence-corrected chi connectivity index (χ1v) is 10.9. The number of likely N-dealkylation sites (N-methyl/N-ethyl adjacent to an activating group) is 1. The largest absolute Gasteiger partial charge is 0.497 e. The molecule has 166 valence electrons. The highest BCUT2D eigenvalue weighted by Gasteiger charge is 2.48. The molecule has 0 N–H and O–H groups in total. The summed E-state index contributed by atoms with van der Waals surface area (Å²) >= 11 is 0. The number of piperidine rings is 1. The van der Waals surface area contributed by atoms with Crippen LogP contribution in [0.5, 0.6) is 5.75 Å². The van der Waals surface area contributed by atoms with Crippen LogP contribution in [0.1, 0.15) is 60.9 Å². The number of fused-ring (bicyclic) bond motifs is 2. The van der Waals surface area contributed by atoms with Crippen LogP contribution in [0.25, 0.3) is 0 Å². The molecule has 1 amide bonds. The first kappa shape index (κ1) is 22.9. The van der Waals surface area contributed by atoms with Crippen molar-refractivity contribution >= 4 is 24.3 Å². The van der Waals surface area contributed by atoms with Gasteiger partial charge >= 0.3 is 5.97 Å². The van der Waals surface area contributed by atoms with E-state index in [1.54, 1.807) is 19.2 Å². The van der Waals surface area contributed by atoms with Gasteiger partial charge in [0.1, 0.15) is 11.4 Å². The topological polar surface area (TPSA) is 59.1 Å². The van der Waals surface area contributed by atoms with Crippen molar-refractivity contribution in [3.05, 3.63) is 29.3 Å². The number of amides is 1. The fourth-order valence-electron chi connectivity index (χ4n) is 5.09. The van der Waals surface area contributed by atoms with Crippen LogP contribution in [0.3, 0.4) is 0 Å². The van der Waals surface area contributed by atoms with Gasteiger partial charge in [-0.3, -0.25) is 4.79 Å². The van der Waals surface area contributed by atoms with Crippen molar-refractivity contribution < 1.29 is 19.1 Å². The molecule has 1 aliphatic carbocycles. The smallest absolute Gasteiger partial charge is 0.339 e. The van der Waals surface area contributed by atoms with Crippen LogP contribution in [0.4, 0.5) is 0 Å². The Bertz CT molecular complexity index is 770. The van der Waals surface area contributed by atoms with E-state index in [1.165, 1.54) is 19.3 Å². The molecule has 2 heterocycles. The average Bonchev–Trinajstić information content (AvgIpc) is 3.03. The molecule has 1 aromatic carbocycles. The van der Waals surface area contributed by atoms with Gasteiger partial charge in [-0.25, -0.2) is 4.79 Å². The number of halogens is 1. The highest BCUT2D eigenvalue weighted by Crippen LogP contribution is 2.49. The SMILES string of the molecule is COc1ccc2c(c1)C1(CCC(C(=O)N(C)CCN3CCCCC3)CC1)OC2=O.Cl. The molecule has 1 saturated heterocycles. The Morgan fingerprint density at radius 1 is 1.23 bits per heavy atom. The highest BCUT2D eigenvalue weighted by atomic mass is 35.5. The van der Waals surface area contributed by atoms with Crippen molar-refractivity contribution in [3.8, 4) is 5.75 Å². The van der Waals surface area contributed by atoms with E-state index < -0.39 is 5.60 Å². The third kappa shape index (κ3) is 4.45. The molecule has 0 unspecified atom stereocenters. The molecular formula is C23H33ClN2O4. The van der Waals surface area contributed by atoms with E-state index in [9.17, 15) is 9.59 Å². The Hall–Kier alpha value is -1.79. The summed E-state index contributed by atoms with van der Waals surface area (Å²) in [5, 5.41) is 0. The number of hydrogen-bond acceptors (Lipinski definition) is 5. The Morgan fingerprint density at radius 3 is 2.60 bits per heavy atom. The summed E-state index contributed by atoms with van der Waals surface area (Å²) in [5.41, 5.74) is 0.963. The van der Waals surface area contributed by atoms with E-state index in [0.717, 1.165) is 50.3 Å². The van der Waals surface area contributed by atoms with Crippen LogP contribution < -0.4 is 4.74 Å². The highest BCUT2D eigenvalue weighted by molar-refractivity contribution is 5.95. The lowest BCUT2D eigenvalue weighted by Crippen LogP contribution is -2.43. The zero-order chi connectivity index (χ0) is 20.4. The molecular weight excluding hydrogens is 404 g/mol. The van der Waals surface area contributed by atoms with E-state index in [2.05, 4.69) is 4.90 Å². The Morgan fingerprint density at radius 2 is 1.93 bits per heavy atom. The second-order valence-electron chi connectivity index (χ2n) is 8.73. The van der Waals surface area contributed by atoms with Gasteiger partial charge in [-0.2, -0.15) is 0 Å². The summed E-state index contributed by atoms with van der Waals surface area (Å²) in [6.45, 7) is 4.06. The molecule has 0 atom stereocenters. The van der Waals surface area contributed by atoms with Gasteiger partial charge in [0.25, 0.3) is 0 Å². The van der Waals surface area contributed by atoms with Crippen LogP contribution in [0.15, 0.2) is 18.2 Å². The summed E-state index contributed by atoms with van der Waals surface area (Å²) in [6.07, 6.45) is 6.74. The van der Waals surface area contributed by atoms with Crippen LogP contribution in [0.2, 0.25) is 0 Å². The average molecular weight is 437 g/mol. The number of ether oxygens (including phenoxy) is 2. The van der Waals surface area contributed by atoms with Crippen molar-refractivity contribution in [2.24, 2.45) is 5.92 Å². The van der Waals surface area contributed by atoms with E-state index in [-0.39, 0.29) is 30.2 Å². The van der Waals surface area contributed by atoms with Crippen LogP contribution in [-0.2, 0) is 15.1 Å². The van der Waals surface area contributed by atoms with E-state index >= 15 is 0 Å². The summed E-state index contributed by atoms with van der Waals surface area (Å²) in [6, 6.07) is 5.51. The molecule has 7 heteroatoms. The first-order chi connectivity index (χ1) is 14.0. The van der Waals surface area contributed by atoms with Crippen LogP contribution in [-0.4, -0.2) is 62.0 Å². The van der Waals surface area contributed by atoms with Crippen molar-refractivity contribution in [1.29, 1.82) is 0 Å². The van der Waals surface area contributed by atoms with Gasteiger partial charge < -0.3 is 19.3 Å². The third-order valence-electron chi connectivity index (χ3n) is 6.94. The molecule has 0 aromatic heterocycles. The van der Waals surface area contributed by atoms with Gasteiger partial charge in [0, 0.05) is 31.6 Å².